The quantitative estimate of drug-likeness (QED) is 0.897. The van der Waals surface area contributed by atoms with Crippen LogP contribution in [0.3, 0.4) is 0 Å². The Labute approximate surface area is 106 Å². The third-order valence-electron chi connectivity index (χ3n) is 3.26. The lowest BCUT2D eigenvalue weighted by Crippen LogP contribution is -2.03. The number of aromatic nitrogens is 1. The summed E-state index contributed by atoms with van der Waals surface area (Å²) in [6, 6.07) is 11.8. The normalized spacial score (nSPS) is 15.4. The van der Waals surface area contributed by atoms with Gasteiger partial charge in [0.15, 0.2) is 0 Å². The highest BCUT2D eigenvalue weighted by Gasteiger charge is 2.15. The monoisotopic (exact) mass is 241 g/mol. The molecule has 3 nitrogen and oxygen atoms in total. The minimum absolute atomic E-state index is 0.509. The van der Waals surface area contributed by atoms with Gasteiger partial charge in [-0.05, 0) is 28.8 Å². The molecule has 18 heavy (non-hydrogen) atoms. The number of hydrogen-bond acceptors (Lipinski definition) is 3. The van der Waals surface area contributed by atoms with E-state index in [1.54, 1.807) is 6.20 Å². The molecule has 1 aromatic heterocycles. The van der Waals surface area contributed by atoms with Gasteiger partial charge in [0.2, 0.25) is 0 Å². The van der Waals surface area contributed by atoms with Crippen LogP contribution >= 0.6 is 0 Å². The van der Waals surface area contributed by atoms with Crippen LogP contribution in [0.5, 0.6) is 0 Å². The molecular weight excluding hydrogens is 226 g/mol. The molecule has 0 saturated heterocycles. The maximum absolute atomic E-state index is 10.2. The Morgan fingerprint density at radius 1 is 1.17 bits per heavy atom. The molecular formula is C15H15NO2. The molecule has 1 aliphatic heterocycles. The molecule has 92 valence electrons. The van der Waals surface area contributed by atoms with Crippen LogP contribution in [0, 0.1) is 0 Å². The lowest BCUT2D eigenvalue weighted by Gasteiger charge is -2.11. The summed E-state index contributed by atoms with van der Waals surface area (Å²) in [5, 5.41) is 10.2. The van der Waals surface area contributed by atoms with Crippen molar-refractivity contribution in [2.45, 2.75) is 25.7 Å². The molecule has 0 aliphatic carbocycles. The van der Waals surface area contributed by atoms with Crippen molar-refractivity contribution in [2.75, 3.05) is 0 Å². The van der Waals surface area contributed by atoms with E-state index in [2.05, 4.69) is 4.98 Å². The number of aliphatic hydroxyl groups excluding tert-OH is 1. The van der Waals surface area contributed by atoms with Crippen LogP contribution in [0.25, 0.3) is 0 Å². The van der Waals surface area contributed by atoms with Crippen LogP contribution in [0.2, 0.25) is 0 Å². The molecule has 2 aromatic rings. The van der Waals surface area contributed by atoms with Crippen molar-refractivity contribution in [3.63, 3.8) is 0 Å². The van der Waals surface area contributed by atoms with E-state index >= 15 is 0 Å². The molecule has 0 amide bonds. The molecule has 2 heterocycles. The molecule has 1 N–H and O–H groups in total. The second-order valence-corrected chi connectivity index (χ2v) is 4.56. The van der Waals surface area contributed by atoms with Crippen molar-refractivity contribution >= 4 is 0 Å². The Kier molecular flexibility index (Phi) is 3.09. The zero-order valence-electron chi connectivity index (χ0n) is 10.0. The summed E-state index contributed by atoms with van der Waals surface area (Å²) in [4.78, 5) is 4.23. The Hall–Kier alpha value is -1.71. The molecule has 0 fully saturated rings. The standard InChI is InChI=1S/C15H15NO2/c17-15(8-14-3-1-2-6-16-14)11-4-5-12-9-18-10-13(12)7-11/h1-7,15,17H,8-10H2. The number of fused-ring (bicyclic) bond motifs is 1. The predicted molar refractivity (Wildman–Crippen MR) is 67.8 cm³/mol. The largest absolute Gasteiger partial charge is 0.388 e. The van der Waals surface area contributed by atoms with E-state index in [0.717, 1.165) is 11.3 Å². The average molecular weight is 241 g/mol. The highest BCUT2D eigenvalue weighted by atomic mass is 16.5. The maximum atomic E-state index is 10.2. The fraction of sp³-hybridized carbons (Fsp3) is 0.267. The van der Waals surface area contributed by atoms with Gasteiger partial charge in [-0.1, -0.05) is 24.3 Å². The first-order chi connectivity index (χ1) is 8.83. The molecule has 0 saturated carbocycles. The van der Waals surface area contributed by atoms with Crippen LogP contribution in [0.4, 0.5) is 0 Å². The van der Waals surface area contributed by atoms with Gasteiger partial charge in [-0.2, -0.15) is 0 Å². The summed E-state index contributed by atoms with van der Waals surface area (Å²) in [7, 11) is 0. The van der Waals surface area contributed by atoms with Crippen molar-refractivity contribution in [3.8, 4) is 0 Å². The number of nitrogens with zero attached hydrogens (tertiary/aromatic N) is 1. The van der Waals surface area contributed by atoms with E-state index in [1.807, 2.05) is 36.4 Å². The van der Waals surface area contributed by atoms with Crippen LogP contribution < -0.4 is 0 Å². The van der Waals surface area contributed by atoms with Crippen molar-refractivity contribution < 1.29 is 9.84 Å². The van der Waals surface area contributed by atoms with Crippen LogP contribution in [-0.4, -0.2) is 10.1 Å². The van der Waals surface area contributed by atoms with Crippen molar-refractivity contribution in [2.24, 2.45) is 0 Å². The molecule has 0 bridgehead atoms. The van der Waals surface area contributed by atoms with Crippen LogP contribution in [0.1, 0.15) is 28.5 Å². The van der Waals surface area contributed by atoms with Gasteiger partial charge in [0.1, 0.15) is 0 Å². The number of benzene rings is 1. The van der Waals surface area contributed by atoms with Crippen molar-refractivity contribution in [1.29, 1.82) is 0 Å². The highest BCUT2D eigenvalue weighted by molar-refractivity contribution is 5.34. The number of rotatable bonds is 3. The lowest BCUT2D eigenvalue weighted by atomic mass is 10.00. The lowest BCUT2D eigenvalue weighted by molar-refractivity contribution is 0.134. The predicted octanol–water partition coefficient (Wildman–Crippen LogP) is 2.39. The van der Waals surface area contributed by atoms with E-state index < -0.39 is 6.10 Å². The molecule has 1 aliphatic rings. The topological polar surface area (TPSA) is 42.4 Å². The first-order valence-corrected chi connectivity index (χ1v) is 6.10. The molecule has 1 atom stereocenters. The molecule has 0 spiro atoms. The van der Waals surface area contributed by atoms with E-state index in [9.17, 15) is 5.11 Å². The molecule has 1 aromatic carbocycles. The number of hydrogen-bond donors (Lipinski definition) is 1. The molecule has 0 radical (unpaired) electrons. The fourth-order valence-corrected chi connectivity index (χ4v) is 2.23. The van der Waals surface area contributed by atoms with Gasteiger partial charge in [0.25, 0.3) is 0 Å². The van der Waals surface area contributed by atoms with Gasteiger partial charge in [0.05, 0.1) is 19.3 Å². The van der Waals surface area contributed by atoms with Gasteiger partial charge in [-0.15, -0.1) is 0 Å². The van der Waals surface area contributed by atoms with Gasteiger partial charge in [0, 0.05) is 18.3 Å². The van der Waals surface area contributed by atoms with E-state index in [4.69, 9.17) is 4.74 Å². The van der Waals surface area contributed by atoms with Gasteiger partial charge < -0.3 is 9.84 Å². The zero-order valence-corrected chi connectivity index (χ0v) is 10.0. The Morgan fingerprint density at radius 2 is 2.06 bits per heavy atom. The van der Waals surface area contributed by atoms with Crippen molar-refractivity contribution in [1.82, 2.24) is 4.98 Å². The van der Waals surface area contributed by atoms with E-state index in [1.165, 1.54) is 11.1 Å². The third-order valence-corrected chi connectivity index (χ3v) is 3.26. The summed E-state index contributed by atoms with van der Waals surface area (Å²) in [6.45, 7) is 1.34. The summed E-state index contributed by atoms with van der Waals surface area (Å²) in [5.74, 6) is 0. The van der Waals surface area contributed by atoms with Crippen LogP contribution in [0.15, 0.2) is 42.6 Å². The highest BCUT2D eigenvalue weighted by Crippen LogP contribution is 2.25. The van der Waals surface area contributed by atoms with Gasteiger partial charge >= 0.3 is 0 Å². The molecule has 3 rings (SSSR count). The SMILES string of the molecule is OC(Cc1ccccn1)c1ccc2c(c1)COC2. The number of pyridine rings is 1. The first-order valence-electron chi connectivity index (χ1n) is 6.10. The minimum Gasteiger partial charge on any atom is -0.388 e. The Bertz CT molecular complexity index is 539. The molecule has 1 unspecified atom stereocenters. The first kappa shape index (κ1) is 11.4. The fourth-order valence-electron chi connectivity index (χ4n) is 2.23. The van der Waals surface area contributed by atoms with Crippen LogP contribution in [-0.2, 0) is 24.4 Å². The van der Waals surface area contributed by atoms with Crippen molar-refractivity contribution in [3.05, 3.63) is 65.0 Å². The van der Waals surface area contributed by atoms with E-state index in [0.29, 0.717) is 19.6 Å². The Morgan fingerprint density at radius 3 is 2.89 bits per heavy atom. The smallest absolute Gasteiger partial charge is 0.0845 e. The van der Waals surface area contributed by atoms with Gasteiger partial charge in [-0.25, -0.2) is 0 Å². The third kappa shape index (κ3) is 2.28. The maximum Gasteiger partial charge on any atom is 0.0845 e. The molecule has 3 heteroatoms. The summed E-state index contributed by atoms with van der Waals surface area (Å²) < 4.78 is 5.37. The average Bonchev–Trinajstić information content (AvgIpc) is 2.87. The van der Waals surface area contributed by atoms with Gasteiger partial charge in [-0.3, -0.25) is 4.98 Å². The Balaban J connectivity index is 1.78. The van der Waals surface area contributed by atoms with E-state index in [-0.39, 0.29) is 0 Å². The second kappa shape index (κ2) is 4.88. The minimum atomic E-state index is -0.509. The zero-order chi connectivity index (χ0) is 12.4. The second-order valence-electron chi connectivity index (χ2n) is 4.56. The summed E-state index contributed by atoms with van der Waals surface area (Å²) >= 11 is 0. The number of ether oxygens (including phenoxy) is 1. The number of aliphatic hydroxyl groups is 1. The summed E-state index contributed by atoms with van der Waals surface area (Å²) in [5.41, 5.74) is 4.25. The summed E-state index contributed by atoms with van der Waals surface area (Å²) in [6.07, 6.45) is 1.78.